The lowest BCUT2D eigenvalue weighted by atomic mass is 9.60. The van der Waals surface area contributed by atoms with Crippen LogP contribution in [0, 0.1) is 23.7 Å². The van der Waals surface area contributed by atoms with Gasteiger partial charge in [0.1, 0.15) is 0 Å². The zero-order valence-electron chi connectivity index (χ0n) is 17.7. The molecule has 0 aromatic carbocycles. The van der Waals surface area contributed by atoms with Gasteiger partial charge >= 0.3 is 12.1 Å². The molecule has 2 saturated carbocycles. The minimum Gasteiger partial charge on any atom is -0.466 e. The molecule has 1 aliphatic heterocycles. The van der Waals surface area contributed by atoms with E-state index in [0.29, 0.717) is 18.6 Å². The van der Waals surface area contributed by atoms with Crippen LogP contribution in [0.2, 0.25) is 0 Å². The van der Waals surface area contributed by atoms with Gasteiger partial charge in [-0.05, 0) is 26.7 Å². The molecule has 1 heterocycles. The number of fused-ring (bicyclic) bond motifs is 3. The van der Waals surface area contributed by atoms with Crippen molar-refractivity contribution < 1.29 is 38.9 Å². The summed E-state index contributed by atoms with van der Waals surface area (Å²) >= 11 is 0. The van der Waals surface area contributed by atoms with Gasteiger partial charge < -0.3 is 19.7 Å². The zero-order chi connectivity index (χ0) is 22.7. The Kier molecular flexibility index (Phi) is 7.26. The van der Waals surface area contributed by atoms with E-state index in [9.17, 15) is 29.4 Å². The average Bonchev–Trinajstić information content (AvgIpc) is 2.98. The number of esters is 1. The van der Waals surface area contributed by atoms with Crippen molar-refractivity contribution >= 4 is 29.6 Å². The van der Waals surface area contributed by atoms with E-state index in [4.69, 9.17) is 9.47 Å². The summed E-state index contributed by atoms with van der Waals surface area (Å²) in [4.78, 5) is 50.3. The highest BCUT2D eigenvalue weighted by Crippen LogP contribution is 2.49. The summed E-state index contributed by atoms with van der Waals surface area (Å²) in [6.07, 6.45) is -2.29. The second kappa shape index (κ2) is 9.73. The van der Waals surface area contributed by atoms with Crippen LogP contribution in [0.4, 0.5) is 4.79 Å². The van der Waals surface area contributed by atoms with Crippen LogP contribution in [0.1, 0.15) is 39.5 Å². The number of rotatable bonds is 6. The SMILES string of the molecule is CCOC(=O)CCN1C(=O)[C@H]2[C@H]3[C@H](O)[C@H](O)CC(=NNC(=O)OCC)[C@H]3CC[C@H]2C1=O. The van der Waals surface area contributed by atoms with Gasteiger partial charge in [-0.15, -0.1) is 0 Å². The molecule has 31 heavy (non-hydrogen) atoms. The Morgan fingerprint density at radius 3 is 2.45 bits per heavy atom. The highest BCUT2D eigenvalue weighted by Gasteiger charge is 2.59. The predicted molar refractivity (Wildman–Crippen MR) is 105 cm³/mol. The van der Waals surface area contributed by atoms with Crippen LogP contribution >= 0.6 is 0 Å². The van der Waals surface area contributed by atoms with E-state index in [0.717, 1.165) is 4.90 Å². The third-order valence-electron chi connectivity index (χ3n) is 6.28. The Bertz CT molecular complexity index is 770. The van der Waals surface area contributed by atoms with Gasteiger partial charge in [0, 0.05) is 30.5 Å². The number of nitrogens with zero attached hydrogens (tertiary/aromatic N) is 2. The number of amides is 3. The normalized spacial score (nSPS) is 33.7. The number of hydrogen-bond acceptors (Lipinski definition) is 9. The number of carbonyl (C=O) groups excluding carboxylic acids is 4. The molecule has 0 unspecified atom stereocenters. The minimum atomic E-state index is -1.21. The number of aliphatic hydroxyl groups is 2. The highest BCUT2D eigenvalue weighted by atomic mass is 16.6. The summed E-state index contributed by atoms with van der Waals surface area (Å²) < 4.78 is 9.65. The number of imide groups is 1. The maximum Gasteiger partial charge on any atom is 0.427 e. The quantitative estimate of drug-likeness (QED) is 0.292. The minimum absolute atomic E-state index is 0.0425. The molecule has 3 N–H and O–H groups in total. The molecule has 0 bridgehead atoms. The second-order valence-corrected chi connectivity index (χ2v) is 7.97. The van der Waals surface area contributed by atoms with Gasteiger partial charge in [0.15, 0.2) is 0 Å². The van der Waals surface area contributed by atoms with Crippen LogP contribution in [-0.2, 0) is 23.9 Å². The van der Waals surface area contributed by atoms with Gasteiger partial charge in [-0.2, -0.15) is 5.10 Å². The fraction of sp³-hybridized carbons (Fsp3) is 0.750. The maximum atomic E-state index is 13.1. The molecular weight excluding hydrogens is 410 g/mol. The van der Waals surface area contributed by atoms with Gasteiger partial charge in [0.25, 0.3) is 0 Å². The Labute approximate surface area is 179 Å². The molecule has 2 aliphatic carbocycles. The Morgan fingerprint density at radius 2 is 1.77 bits per heavy atom. The zero-order valence-corrected chi connectivity index (χ0v) is 17.7. The second-order valence-electron chi connectivity index (χ2n) is 7.97. The fourth-order valence-corrected chi connectivity index (χ4v) is 5.00. The van der Waals surface area contributed by atoms with Gasteiger partial charge in [-0.1, -0.05) is 0 Å². The molecule has 172 valence electrons. The summed E-state index contributed by atoms with van der Waals surface area (Å²) in [5, 5.41) is 25.2. The lowest BCUT2D eigenvalue weighted by Gasteiger charge is -2.45. The predicted octanol–water partition coefficient (Wildman–Crippen LogP) is -0.205. The van der Waals surface area contributed by atoms with Crippen LogP contribution in [-0.4, -0.2) is 76.7 Å². The van der Waals surface area contributed by atoms with Crippen molar-refractivity contribution in [1.82, 2.24) is 10.3 Å². The standard InChI is InChI=1S/C20H29N3O8/c1-3-30-14(25)7-8-23-18(27)11-6-5-10-12(21-22-20(29)31-4-2)9-13(24)17(26)15(10)16(11)19(23)28/h10-11,13,15-17,24,26H,3-9H2,1-2H3,(H,22,29)/t10-,11-,13-,15+,16-,17-/m1/s1. The van der Waals surface area contributed by atoms with Gasteiger partial charge in [0.05, 0.1) is 43.7 Å². The first-order valence-electron chi connectivity index (χ1n) is 10.7. The molecule has 6 atom stereocenters. The van der Waals surface area contributed by atoms with Crippen molar-refractivity contribution in [3.63, 3.8) is 0 Å². The number of hydrogen-bond donors (Lipinski definition) is 3. The Morgan fingerprint density at radius 1 is 1.10 bits per heavy atom. The highest BCUT2D eigenvalue weighted by molar-refractivity contribution is 6.06. The molecule has 11 heteroatoms. The lowest BCUT2D eigenvalue weighted by molar-refractivity contribution is -0.145. The van der Waals surface area contributed by atoms with Crippen molar-refractivity contribution in [2.24, 2.45) is 28.8 Å². The number of hydrazone groups is 1. The molecule has 0 radical (unpaired) electrons. The number of likely N-dealkylation sites (tertiary alicyclic amines) is 1. The van der Waals surface area contributed by atoms with Crippen molar-refractivity contribution in [1.29, 1.82) is 0 Å². The van der Waals surface area contributed by atoms with Crippen LogP contribution in [0.5, 0.6) is 0 Å². The largest absolute Gasteiger partial charge is 0.466 e. The number of nitrogens with one attached hydrogen (secondary N) is 1. The molecule has 3 rings (SSSR count). The first-order valence-corrected chi connectivity index (χ1v) is 10.7. The smallest absolute Gasteiger partial charge is 0.427 e. The summed E-state index contributed by atoms with van der Waals surface area (Å²) in [6.45, 7) is 3.63. The number of ether oxygens (including phenoxy) is 2. The summed E-state index contributed by atoms with van der Waals surface area (Å²) in [7, 11) is 0. The van der Waals surface area contributed by atoms with E-state index in [-0.39, 0.29) is 44.4 Å². The summed E-state index contributed by atoms with van der Waals surface area (Å²) in [5.74, 6) is -3.84. The van der Waals surface area contributed by atoms with Crippen LogP contribution in [0.3, 0.4) is 0 Å². The molecule has 3 fully saturated rings. The summed E-state index contributed by atoms with van der Waals surface area (Å²) in [5.41, 5.74) is 2.73. The van der Waals surface area contributed by atoms with Crippen LogP contribution in [0.15, 0.2) is 5.10 Å². The molecule has 3 amide bonds. The van der Waals surface area contributed by atoms with Crippen molar-refractivity contribution in [3.05, 3.63) is 0 Å². The Hall–Kier alpha value is -2.53. The van der Waals surface area contributed by atoms with E-state index in [1.165, 1.54) is 0 Å². The summed E-state index contributed by atoms with van der Waals surface area (Å²) in [6, 6.07) is 0. The monoisotopic (exact) mass is 439 g/mol. The average molecular weight is 439 g/mol. The molecule has 0 spiro atoms. The topological polar surface area (TPSA) is 155 Å². The number of aliphatic hydroxyl groups excluding tert-OH is 2. The third-order valence-corrected chi connectivity index (χ3v) is 6.28. The molecular formula is C20H29N3O8. The Balaban J connectivity index is 1.79. The van der Waals surface area contributed by atoms with Crippen LogP contribution in [0.25, 0.3) is 0 Å². The molecule has 11 nitrogen and oxygen atoms in total. The first kappa shape index (κ1) is 23.1. The van der Waals surface area contributed by atoms with Crippen LogP contribution < -0.4 is 5.43 Å². The van der Waals surface area contributed by atoms with Gasteiger partial charge in [0.2, 0.25) is 11.8 Å². The molecule has 3 aliphatic rings. The van der Waals surface area contributed by atoms with E-state index < -0.39 is 47.9 Å². The van der Waals surface area contributed by atoms with E-state index in [1.807, 2.05) is 0 Å². The van der Waals surface area contributed by atoms with E-state index in [2.05, 4.69) is 10.5 Å². The van der Waals surface area contributed by atoms with E-state index in [1.54, 1.807) is 13.8 Å². The molecule has 0 aromatic rings. The third kappa shape index (κ3) is 4.57. The number of carbonyl (C=O) groups is 4. The van der Waals surface area contributed by atoms with Gasteiger partial charge in [-0.3, -0.25) is 19.3 Å². The molecule has 1 saturated heterocycles. The maximum absolute atomic E-state index is 13.1. The van der Waals surface area contributed by atoms with Crippen molar-refractivity contribution in [2.75, 3.05) is 19.8 Å². The van der Waals surface area contributed by atoms with E-state index >= 15 is 0 Å². The first-order chi connectivity index (χ1) is 14.8. The fourth-order valence-electron chi connectivity index (χ4n) is 5.00. The van der Waals surface area contributed by atoms with Crippen molar-refractivity contribution in [3.8, 4) is 0 Å². The lowest BCUT2D eigenvalue weighted by Crippen LogP contribution is -2.55. The molecule has 0 aromatic heterocycles. The van der Waals surface area contributed by atoms with Gasteiger partial charge in [-0.25, -0.2) is 10.2 Å². The van der Waals surface area contributed by atoms with Crippen molar-refractivity contribution in [2.45, 2.75) is 51.7 Å².